The number of halogens is 5. The van der Waals surface area contributed by atoms with Gasteiger partial charge < -0.3 is 53.2 Å². The number of hydrogen-bond donors (Lipinski definition) is 5. The number of ether oxygens (including phenoxy) is 8. The number of carbonyl (C=O) groups excluding carboxylic acids is 4. The maximum absolute atomic E-state index is 12.5. The summed E-state index contributed by atoms with van der Waals surface area (Å²) < 4.78 is 43.0. The minimum atomic E-state index is -1.00. The molecule has 10 aliphatic carbocycles. The Morgan fingerprint density at radius 3 is 1.18 bits per heavy atom. The van der Waals surface area contributed by atoms with Gasteiger partial charge in [-0.3, -0.25) is 39.3 Å². The number of nitrogens with one attached hydrogen (secondary N) is 4. The molecule has 17 rings (SSSR count). The molecule has 0 saturated heterocycles. The Morgan fingerprint density at radius 2 is 0.892 bits per heavy atom. The highest BCUT2D eigenvalue weighted by Gasteiger charge is 2.60. The normalized spacial score (nSPS) is 21.1. The first-order chi connectivity index (χ1) is 57.6. The molecule has 5 unspecified atom stereocenters. The van der Waals surface area contributed by atoms with Crippen LogP contribution in [0.3, 0.4) is 0 Å². The molecule has 630 valence electrons. The standard InChI is InChI=1S/C22H25Cl2N3O3.C19H19Cl2N3O2.C19H21N3O2.C19H21NO4.C5H4ClNO.C5H5NO2/c1-4-17(28)25-11-22(7-8-22)21-13-6-5-12(9-14(13)26-27-21)18-19(23)15(29-2)10-16(30-3)20(18)24;1-25-13-8-14(26-2)17(21)15(16(13)20)10-3-4-11-12(7-10)23-24-18(11)19(9-22)5-6-19;1-23-14-7-13(8-15(10-14)24-2)12-3-4-16-17(9-12)21-22-18(16)19(11-20)5-6-19;1-23-14-7-13(8-15(10-14)24-2)12-3-4-16(17(21)9-12)18(22)19(11-20)5-6-19;1-7-5(2-3-5)4(6)8;1-6-5(2-3-5)4(7)8/h4,10,12H,1,5-9,11H2,2-3H3,(H,25,28)(H,26,27);8,10H,3-7H2,1-2H3,(H,23,24);7-8,10,12H,3-6,9H2,1-2H3,(H,21,22);7-8,10,12,16H,3-6,9H2,1-2H3;2-3H2;2-3H2,(H,7,8). The van der Waals surface area contributed by atoms with E-state index in [0.717, 1.165) is 159 Å². The number of benzene rings is 4. The Bertz CT molecular complexity index is 5200. The maximum Gasteiger partial charge on any atom is 0.390 e. The molecular formula is C89H95Cl5N12O14. The predicted molar refractivity (Wildman–Crippen MR) is 448 cm³/mol. The Morgan fingerprint density at radius 1 is 0.517 bits per heavy atom. The molecule has 4 aromatic carbocycles. The summed E-state index contributed by atoms with van der Waals surface area (Å²) >= 11 is 31.5. The predicted octanol–water partition coefficient (Wildman–Crippen LogP) is 16.9. The van der Waals surface area contributed by atoms with Gasteiger partial charge in [0.25, 0.3) is 0 Å². The van der Waals surface area contributed by atoms with Gasteiger partial charge in [-0.1, -0.05) is 53.0 Å². The van der Waals surface area contributed by atoms with Gasteiger partial charge in [-0.25, -0.2) is 17.9 Å². The average molecular weight is 1730 g/mol. The van der Waals surface area contributed by atoms with Gasteiger partial charge in [0, 0.05) is 96.5 Å². The maximum atomic E-state index is 12.5. The molecule has 120 heavy (non-hydrogen) atoms. The number of carboxylic acid groups (broad SMARTS) is 1. The van der Waals surface area contributed by atoms with Gasteiger partial charge in [-0.15, -0.1) is 0 Å². The van der Waals surface area contributed by atoms with Crippen molar-refractivity contribution in [2.24, 2.45) is 11.3 Å². The molecule has 0 spiro atoms. The SMILES string of the molecule is C=CC(=O)NCC1(c2n[nH]c3c2CCC(c2c(Cl)c(OC)cc(OC)c2Cl)C3)CC1.COc1cc(OC)c(Cl)c(C2CCc3c(C4(C#N)CC4)n[nH]c3C2)c1Cl.COc1cc(OC)cc(C2CCC(C(=O)C3(C#N)CC3)C(=O)C2)c1.COc1cc(OC)cc(C2CCc3c(C4(C#N)CC4)n[nH]c3C2)c1.[C-]#[N+]C1(C(=O)Cl)CC1.[C-]#[N+]C1(C(=O)O)CC1. The summed E-state index contributed by atoms with van der Waals surface area (Å²) in [7, 11) is 12.9. The number of nitrogens with zero attached hydrogens (tertiary/aromatic N) is 8. The largest absolute Gasteiger partial charge is 0.497 e. The fourth-order valence-electron chi connectivity index (χ4n) is 16.6. The van der Waals surface area contributed by atoms with Gasteiger partial charge in [0.1, 0.15) is 68.0 Å². The van der Waals surface area contributed by atoms with Crippen molar-refractivity contribution in [2.45, 2.75) is 205 Å². The molecule has 3 aromatic heterocycles. The van der Waals surface area contributed by atoms with Crippen molar-refractivity contribution in [3.63, 3.8) is 0 Å². The van der Waals surface area contributed by atoms with Gasteiger partial charge in [-0.2, -0.15) is 31.1 Å². The summed E-state index contributed by atoms with van der Waals surface area (Å²) in [4.78, 5) is 63.1. The number of hydrogen-bond acceptors (Lipinski definition) is 19. The minimum absolute atomic E-state index is 0.0421. The second-order valence-electron chi connectivity index (χ2n) is 32.4. The summed E-state index contributed by atoms with van der Waals surface area (Å²) in [6.07, 6.45) is 20.1. The van der Waals surface area contributed by atoms with Crippen LogP contribution in [0.15, 0.2) is 61.2 Å². The van der Waals surface area contributed by atoms with Crippen LogP contribution in [-0.4, -0.2) is 139 Å². The van der Waals surface area contributed by atoms with Crippen LogP contribution in [0.1, 0.15) is 212 Å². The van der Waals surface area contributed by atoms with E-state index < -0.39 is 33.6 Å². The molecule has 0 aliphatic heterocycles. The van der Waals surface area contributed by atoms with E-state index in [0.29, 0.717) is 118 Å². The monoisotopic (exact) mass is 1730 g/mol. The third kappa shape index (κ3) is 18.4. The van der Waals surface area contributed by atoms with Crippen LogP contribution in [0.4, 0.5) is 0 Å². The molecule has 0 bridgehead atoms. The lowest BCUT2D eigenvalue weighted by Crippen LogP contribution is -2.34. The molecule has 7 aromatic rings. The average Bonchev–Trinajstić information content (AvgIpc) is 1.60. The second-order valence-corrected chi connectivity index (χ2v) is 34.2. The van der Waals surface area contributed by atoms with Crippen molar-refractivity contribution >= 4 is 86.7 Å². The van der Waals surface area contributed by atoms with Crippen molar-refractivity contribution in [3.05, 3.63) is 177 Å². The number of amides is 1. The highest BCUT2D eigenvalue weighted by Crippen LogP contribution is 2.56. The van der Waals surface area contributed by atoms with E-state index in [4.69, 9.17) is 114 Å². The van der Waals surface area contributed by atoms with Crippen LogP contribution in [0.2, 0.25) is 20.1 Å². The molecule has 31 heteroatoms. The van der Waals surface area contributed by atoms with Crippen molar-refractivity contribution in [1.82, 2.24) is 35.9 Å². The fourth-order valence-corrected chi connectivity index (χ4v) is 18.5. The summed E-state index contributed by atoms with van der Waals surface area (Å²) in [6, 6.07) is 22.1. The van der Waals surface area contributed by atoms with Gasteiger partial charge in [0.05, 0.1) is 118 Å². The molecule has 0 radical (unpaired) electrons. The quantitative estimate of drug-likeness (QED) is 0.0182. The zero-order chi connectivity index (χ0) is 86.4. The van der Waals surface area contributed by atoms with Crippen molar-refractivity contribution in [2.75, 3.05) is 63.4 Å². The van der Waals surface area contributed by atoms with Crippen molar-refractivity contribution in [1.29, 1.82) is 15.8 Å². The Kier molecular flexibility index (Phi) is 27.3. The molecule has 5 atom stereocenters. The zero-order valence-corrected chi connectivity index (χ0v) is 72.0. The molecule has 5 N–H and O–H groups in total. The van der Waals surface area contributed by atoms with E-state index in [1.165, 1.54) is 34.0 Å². The molecule has 1 amide bonds. The molecule has 3 heterocycles. The van der Waals surface area contributed by atoms with Crippen LogP contribution >= 0.6 is 58.0 Å². The van der Waals surface area contributed by atoms with Gasteiger partial charge >= 0.3 is 22.3 Å². The highest BCUT2D eigenvalue weighted by atomic mass is 35.5. The van der Waals surface area contributed by atoms with Crippen LogP contribution < -0.4 is 43.2 Å². The third-order valence-electron chi connectivity index (χ3n) is 25.2. The first-order valence-electron chi connectivity index (χ1n) is 39.9. The van der Waals surface area contributed by atoms with E-state index in [9.17, 15) is 39.8 Å². The number of methoxy groups -OCH3 is 8. The number of aliphatic carboxylic acids is 1. The lowest BCUT2D eigenvalue weighted by molar-refractivity contribution is -0.139. The van der Waals surface area contributed by atoms with Gasteiger partial charge in [0.2, 0.25) is 5.91 Å². The van der Waals surface area contributed by atoms with Crippen LogP contribution in [0, 0.1) is 58.5 Å². The minimum Gasteiger partial charge on any atom is -0.497 e. The van der Waals surface area contributed by atoms with E-state index in [2.05, 4.69) is 82.5 Å². The second kappa shape index (κ2) is 36.8. The summed E-state index contributed by atoms with van der Waals surface area (Å²) in [5.74, 6) is 4.06. The first kappa shape index (κ1) is 88.8. The summed E-state index contributed by atoms with van der Waals surface area (Å²) in [6.45, 7) is 17.1. The van der Waals surface area contributed by atoms with Crippen LogP contribution in [0.5, 0.6) is 46.0 Å². The van der Waals surface area contributed by atoms with E-state index in [-0.39, 0.29) is 51.5 Å². The topological polar surface area (TPSA) is 358 Å². The molecule has 7 saturated carbocycles. The number of carboxylic acids is 1. The van der Waals surface area contributed by atoms with Crippen LogP contribution in [0.25, 0.3) is 9.69 Å². The molecule has 26 nitrogen and oxygen atoms in total. The lowest BCUT2D eigenvalue weighted by Gasteiger charge is -2.28. The molecule has 10 aliphatic rings. The number of ketones is 2. The third-order valence-corrected chi connectivity index (χ3v) is 27.1. The number of carbonyl (C=O) groups is 5. The number of H-pyrrole nitrogens is 3. The van der Waals surface area contributed by atoms with Crippen molar-refractivity contribution in [3.8, 4) is 64.2 Å². The number of Topliss-reactive ketones (excluding diaryl/α,β-unsaturated/α-hetero) is 2. The number of rotatable bonds is 22. The lowest BCUT2D eigenvalue weighted by atomic mass is 9.73. The number of aromatic nitrogens is 6. The van der Waals surface area contributed by atoms with Crippen molar-refractivity contribution < 1.29 is 67.0 Å². The van der Waals surface area contributed by atoms with E-state index in [1.54, 1.807) is 75.1 Å². The Hall–Kier alpha value is -10.5. The number of fused-ring (bicyclic) bond motifs is 3. The molecular weight excluding hydrogens is 1640 g/mol. The Labute approximate surface area is 722 Å². The highest BCUT2D eigenvalue weighted by molar-refractivity contribution is 6.66. The van der Waals surface area contributed by atoms with Gasteiger partial charge in [-0.05, 0) is 215 Å². The smallest absolute Gasteiger partial charge is 0.390 e. The van der Waals surface area contributed by atoms with E-state index in [1.807, 2.05) is 18.2 Å². The molecule has 7 fully saturated rings. The first-order valence-corrected chi connectivity index (χ1v) is 41.8. The van der Waals surface area contributed by atoms with Gasteiger partial charge in [0.15, 0.2) is 5.78 Å². The number of nitriles is 3. The zero-order valence-electron chi connectivity index (χ0n) is 68.2. The number of aromatic amines is 3. The summed E-state index contributed by atoms with van der Waals surface area (Å²) in [5, 5.41) is 64.2. The van der Waals surface area contributed by atoms with Crippen LogP contribution in [-0.2, 0) is 78.7 Å². The summed E-state index contributed by atoms with van der Waals surface area (Å²) in [5.41, 5.74) is 10.7. The van der Waals surface area contributed by atoms with E-state index >= 15 is 0 Å². The Balaban J connectivity index is 0.000000138. The fraction of sp³-hybridized carbons (Fsp3) is 0.494.